The monoisotopic (exact) mass is 294 g/mol. The van der Waals surface area contributed by atoms with E-state index in [1.807, 2.05) is 18.2 Å². The maximum Gasteiger partial charge on any atom is 0.161 e. The minimum Gasteiger partial charge on any atom is -0.493 e. The zero-order valence-electron chi connectivity index (χ0n) is 11.9. The van der Waals surface area contributed by atoms with E-state index in [1.165, 1.54) is 0 Å². The molecule has 0 saturated heterocycles. The lowest BCUT2D eigenvalue weighted by Crippen LogP contribution is -2.13. The van der Waals surface area contributed by atoms with Crippen molar-refractivity contribution < 1.29 is 9.47 Å². The number of hydrogen-bond donors (Lipinski definition) is 1. The Hall–Kier alpha value is -1.68. The fraction of sp³-hybridized carbons (Fsp3) is 0.400. The molecule has 0 amide bonds. The number of anilines is 1. The van der Waals surface area contributed by atoms with Crippen molar-refractivity contribution >= 4 is 28.2 Å². The second-order valence-electron chi connectivity index (χ2n) is 4.73. The Morgan fingerprint density at radius 3 is 2.60 bits per heavy atom. The first-order valence-electron chi connectivity index (χ1n) is 6.50. The third-order valence-electron chi connectivity index (χ3n) is 3.15. The van der Waals surface area contributed by atoms with Crippen molar-refractivity contribution in [1.29, 1.82) is 0 Å². The molecule has 0 aliphatic rings. The summed E-state index contributed by atoms with van der Waals surface area (Å²) in [5, 5.41) is 5.40. The highest BCUT2D eigenvalue weighted by Crippen LogP contribution is 2.34. The van der Waals surface area contributed by atoms with Gasteiger partial charge in [0.2, 0.25) is 0 Å². The summed E-state index contributed by atoms with van der Waals surface area (Å²) in [6, 6.07) is 5.84. The number of fused-ring (bicyclic) bond motifs is 1. The summed E-state index contributed by atoms with van der Waals surface area (Å²) in [4.78, 5) is 4.39. The van der Waals surface area contributed by atoms with Crippen LogP contribution >= 0.6 is 11.6 Å². The Balaban J connectivity index is 2.40. The highest BCUT2D eigenvalue weighted by atomic mass is 35.5. The fourth-order valence-corrected chi connectivity index (χ4v) is 2.07. The van der Waals surface area contributed by atoms with E-state index in [1.54, 1.807) is 20.4 Å². The lowest BCUT2D eigenvalue weighted by atomic mass is 10.1. The van der Waals surface area contributed by atoms with Crippen molar-refractivity contribution in [3.8, 4) is 11.5 Å². The van der Waals surface area contributed by atoms with Gasteiger partial charge in [0.1, 0.15) is 5.82 Å². The van der Waals surface area contributed by atoms with Crippen molar-refractivity contribution in [2.45, 2.75) is 6.92 Å². The van der Waals surface area contributed by atoms with Gasteiger partial charge in [0.15, 0.2) is 11.5 Å². The largest absolute Gasteiger partial charge is 0.493 e. The Kier molecular flexibility index (Phi) is 4.90. The predicted octanol–water partition coefficient (Wildman–Crippen LogP) is 3.54. The molecule has 1 atom stereocenters. The number of ether oxygens (including phenoxy) is 2. The molecule has 0 aliphatic heterocycles. The fourth-order valence-electron chi connectivity index (χ4n) is 1.97. The van der Waals surface area contributed by atoms with Crippen LogP contribution in [-0.2, 0) is 0 Å². The van der Waals surface area contributed by atoms with Gasteiger partial charge in [-0.1, -0.05) is 6.92 Å². The third kappa shape index (κ3) is 3.07. The van der Waals surface area contributed by atoms with Crippen molar-refractivity contribution in [2.24, 2.45) is 5.92 Å². The van der Waals surface area contributed by atoms with E-state index in [-0.39, 0.29) is 0 Å². The number of alkyl halides is 1. The van der Waals surface area contributed by atoms with E-state index in [0.29, 0.717) is 23.3 Å². The topological polar surface area (TPSA) is 43.4 Å². The number of nitrogens with zero attached hydrogens (tertiary/aromatic N) is 1. The highest BCUT2D eigenvalue weighted by Gasteiger charge is 2.10. The van der Waals surface area contributed by atoms with Crippen LogP contribution in [0.4, 0.5) is 5.82 Å². The minimum absolute atomic E-state index is 0.383. The van der Waals surface area contributed by atoms with Gasteiger partial charge in [0.05, 0.1) is 14.2 Å². The molecule has 1 N–H and O–H groups in total. The second kappa shape index (κ2) is 6.66. The number of halogens is 1. The van der Waals surface area contributed by atoms with Crippen LogP contribution in [0.5, 0.6) is 11.5 Å². The molecule has 1 aromatic heterocycles. The van der Waals surface area contributed by atoms with Crippen LogP contribution in [0, 0.1) is 5.92 Å². The van der Waals surface area contributed by atoms with E-state index >= 15 is 0 Å². The smallest absolute Gasteiger partial charge is 0.161 e. The molecule has 4 nitrogen and oxygen atoms in total. The van der Waals surface area contributed by atoms with Gasteiger partial charge in [0, 0.05) is 24.0 Å². The minimum atomic E-state index is 0.383. The van der Waals surface area contributed by atoms with E-state index in [9.17, 15) is 0 Å². The van der Waals surface area contributed by atoms with Gasteiger partial charge in [0.25, 0.3) is 0 Å². The summed E-state index contributed by atoms with van der Waals surface area (Å²) in [5.41, 5.74) is 0. The average Bonchev–Trinajstić information content (AvgIpc) is 2.50. The quantitative estimate of drug-likeness (QED) is 0.828. The SMILES string of the molecule is COc1cc2ccnc(NCC(C)CCl)c2cc1OC. The van der Waals surface area contributed by atoms with Gasteiger partial charge in [-0.2, -0.15) is 0 Å². The van der Waals surface area contributed by atoms with Crippen LogP contribution in [0.2, 0.25) is 0 Å². The van der Waals surface area contributed by atoms with E-state index < -0.39 is 0 Å². The van der Waals surface area contributed by atoms with Crippen molar-refractivity contribution in [3.63, 3.8) is 0 Å². The molecule has 20 heavy (non-hydrogen) atoms. The molecule has 1 unspecified atom stereocenters. The van der Waals surface area contributed by atoms with Crippen LogP contribution in [-0.4, -0.2) is 31.6 Å². The van der Waals surface area contributed by atoms with Crippen molar-refractivity contribution in [2.75, 3.05) is 32.0 Å². The van der Waals surface area contributed by atoms with Crippen molar-refractivity contribution in [3.05, 3.63) is 24.4 Å². The van der Waals surface area contributed by atoms with Crippen LogP contribution < -0.4 is 14.8 Å². The average molecular weight is 295 g/mol. The molecule has 0 aliphatic carbocycles. The number of pyridine rings is 1. The van der Waals surface area contributed by atoms with Gasteiger partial charge >= 0.3 is 0 Å². The molecule has 2 aromatic rings. The summed E-state index contributed by atoms with van der Waals surface area (Å²) < 4.78 is 10.7. The summed E-state index contributed by atoms with van der Waals surface area (Å²) in [6.45, 7) is 2.87. The summed E-state index contributed by atoms with van der Waals surface area (Å²) >= 11 is 5.83. The van der Waals surface area contributed by atoms with Gasteiger partial charge in [-0.3, -0.25) is 0 Å². The first kappa shape index (κ1) is 14.7. The molecule has 1 heterocycles. The molecule has 0 bridgehead atoms. The van der Waals surface area contributed by atoms with Gasteiger partial charge in [-0.25, -0.2) is 4.98 Å². The zero-order valence-corrected chi connectivity index (χ0v) is 12.7. The molecule has 0 fully saturated rings. The van der Waals surface area contributed by atoms with Gasteiger partial charge in [-0.05, 0) is 29.5 Å². The maximum absolute atomic E-state index is 5.83. The molecule has 5 heteroatoms. The first-order chi connectivity index (χ1) is 9.69. The Morgan fingerprint density at radius 1 is 1.25 bits per heavy atom. The van der Waals surface area contributed by atoms with Gasteiger partial charge in [-0.15, -0.1) is 11.6 Å². The van der Waals surface area contributed by atoms with E-state index in [4.69, 9.17) is 21.1 Å². The summed E-state index contributed by atoms with van der Waals surface area (Å²) in [6.07, 6.45) is 1.78. The van der Waals surface area contributed by atoms with Crippen LogP contribution in [0.25, 0.3) is 10.8 Å². The summed E-state index contributed by atoms with van der Waals surface area (Å²) in [5.74, 6) is 3.25. The Bertz CT molecular complexity index is 589. The number of aromatic nitrogens is 1. The molecule has 108 valence electrons. The van der Waals surface area contributed by atoms with Crippen molar-refractivity contribution in [1.82, 2.24) is 4.98 Å². The van der Waals surface area contributed by atoms with Crippen LogP contribution in [0.3, 0.4) is 0 Å². The Labute approximate surface area is 124 Å². The lowest BCUT2D eigenvalue weighted by Gasteiger charge is -2.14. The normalized spacial score (nSPS) is 12.2. The standard InChI is InChI=1S/C15H19ClN2O2/c1-10(8-16)9-18-15-12-7-14(20-3)13(19-2)6-11(12)4-5-17-15/h4-7,10H,8-9H2,1-3H3,(H,17,18). The van der Waals surface area contributed by atoms with E-state index in [2.05, 4.69) is 17.2 Å². The molecule has 0 radical (unpaired) electrons. The van der Waals surface area contributed by atoms with E-state index in [0.717, 1.165) is 23.1 Å². The highest BCUT2D eigenvalue weighted by molar-refractivity contribution is 6.18. The lowest BCUT2D eigenvalue weighted by molar-refractivity contribution is 0.356. The first-order valence-corrected chi connectivity index (χ1v) is 7.03. The number of rotatable bonds is 6. The number of methoxy groups -OCH3 is 2. The number of nitrogens with one attached hydrogen (secondary N) is 1. The predicted molar refractivity (Wildman–Crippen MR) is 83.2 cm³/mol. The second-order valence-corrected chi connectivity index (χ2v) is 5.04. The number of benzene rings is 1. The molecule has 2 rings (SSSR count). The van der Waals surface area contributed by atoms with Crippen LogP contribution in [0.15, 0.2) is 24.4 Å². The summed E-state index contributed by atoms with van der Waals surface area (Å²) in [7, 11) is 3.26. The molecular formula is C15H19ClN2O2. The number of hydrogen-bond acceptors (Lipinski definition) is 4. The molecule has 0 spiro atoms. The zero-order chi connectivity index (χ0) is 14.5. The molecule has 1 aromatic carbocycles. The third-order valence-corrected chi connectivity index (χ3v) is 3.68. The molecular weight excluding hydrogens is 276 g/mol. The maximum atomic E-state index is 5.83. The molecule has 0 saturated carbocycles. The Morgan fingerprint density at radius 2 is 1.95 bits per heavy atom. The van der Waals surface area contributed by atoms with Gasteiger partial charge < -0.3 is 14.8 Å². The van der Waals surface area contributed by atoms with Crippen LogP contribution in [0.1, 0.15) is 6.92 Å².